The zero-order valence-corrected chi connectivity index (χ0v) is 10.7. The molecule has 3 aromatic rings. The topological polar surface area (TPSA) is 17.8 Å². The summed E-state index contributed by atoms with van der Waals surface area (Å²) in [6, 6.07) is 15.6. The Morgan fingerprint density at radius 1 is 1.00 bits per heavy atom. The number of hydrogen-bond acceptors (Lipinski definition) is 1. The Hall–Kier alpha value is -2.13. The summed E-state index contributed by atoms with van der Waals surface area (Å²) in [5, 5.41) is 5.13. The summed E-state index contributed by atoms with van der Waals surface area (Å²) < 4.78 is 14.6. The number of aromatic nitrogens is 2. The van der Waals surface area contributed by atoms with Crippen LogP contribution < -0.4 is 0 Å². The molecule has 0 bridgehead atoms. The van der Waals surface area contributed by atoms with Gasteiger partial charge in [0, 0.05) is 16.8 Å². The van der Waals surface area contributed by atoms with E-state index in [1.54, 1.807) is 16.8 Å². The number of nitrogens with zero attached hydrogens (tertiary/aromatic N) is 2. The lowest BCUT2D eigenvalue weighted by Crippen LogP contribution is -1.94. The van der Waals surface area contributed by atoms with Crippen LogP contribution in [0, 0.1) is 5.82 Å². The molecule has 0 saturated carbocycles. The van der Waals surface area contributed by atoms with Crippen molar-refractivity contribution in [2.24, 2.45) is 0 Å². The van der Waals surface area contributed by atoms with Gasteiger partial charge in [-0.3, -0.25) is 0 Å². The van der Waals surface area contributed by atoms with Crippen LogP contribution in [0.3, 0.4) is 0 Å². The van der Waals surface area contributed by atoms with Gasteiger partial charge in [0.25, 0.3) is 0 Å². The van der Waals surface area contributed by atoms with E-state index in [2.05, 4.69) is 5.10 Å². The maximum Gasteiger partial charge on any atom is 0.123 e. The predicted octanol–water partition coefficient (Wildman–Crippen LogP) is 4.33. The van der Waals surface area contributed by atoms with Crippen LogP contribution in [-0.2, 0) is 0 Å². The fourth-order valence-corrected chi connectivity index (χ4v) is 2.05. The minimum Gasteiger partial charge on any atom is -0.240 e. The molecule has 0 fully saturated rings. The third-order valence-electron chi connectivity index (χ3n) is 2.80. The average molecular weight is 273 g/mol. The van der Waals surface area contributed by atoms with E-state index in [0.29, 0.717) is 5.02 Å². The number of rotatable bonds is 2. The van der Waals surface area contributed by atoms with Crippen LogP contribution in [0.4, 0.5) is 4.39 Å². The van der Waals surface area contributed by atoms with Crippen LogP contribution in [0.1, 0.15) is 0 Å². The maximum absolute atomic E-state index is 12.9. The van der Waals surface area contributed by atoms with Crippen LogP contribution in [0.5, 0.6) is 0 Å². The number of benzene rings is 2. The monoisotopic (exact) mass is 272 g/mol. The molecule has 0 atom stereocenters. The van der Waals surface area contributed by atoms with Gasteiger partial charge in [0.1, 0.15) is 5.82 Å². The molecule has 1 aromatic heterocycles. The molecule has 3 rings (SSSR count). The maximum atomic E-state index is 12.9. The summed E-state index contributed by atoms with van der Waals surface area (Å²) >= 11 is 5.96. The summed E-state index contributed by atoms with van der Waals surface area (Å²) in [4.78, 5) is 0. The minimum atomic E-state index is -0.258. The van der Waals surface area contributed by atoms with Gasteiger partial charge in [-0.1, -0.05) is 23.7 Å². The Balaban J connectivity index is 1.97. The fraction of sp³-hybridized carbons (Fsp3) is 0. The average Bonchev–Trinajstić information content (AvgIpc) is 2.89. The van der Waals surface area contributed by atoms with Crippen molar-refractivity contribution in [1.82, 2.24) is 9.78 Å². The van der Waals surface area contributed by atoms with Crippen molar-refractivity contribution >= 4 is 11.6 Å². The Labute approximate surface area is 115 Å². The molecule has 4 heteroatoms. The molecule has 0 aliphatic heterocycles. The lowest BCUT2D eigenvalue weighted by Gasteiger charge is -2.01. The molecular weight excluding hydrogens is 263 g/mol. The molecule has 0 spiro atoms. The highest BCUT2D eigenvalue weighted by atomic mass is 35.5. The molecule has 0 aliphatic rings. The van der Waals surface area contributed by atoms with Gasteiger partial charge in [0.15, 0.2) is 0 Å². The molecular formula is C15H10ClFN2. The van der Waals surface area contributed by atoms with E-state index in [1.165, 1.54) is 12.1 Å². The SMILES string of the molecule is Fc1ccc(-n2ccc(-c3cccc(Cl)c3)n2)cc1. The summed E-state index contributed by atoms with van der Waals surface area (Å²) in [5.41, 5.74) is 2.59. The van der Waals surface area contributed by atoms with E-state index in [1.807, 2.05) is 36.5 Å². The van der Waals surface area contributed by atoms with Crippen LogP contribution in [0.25, 0.3) is 16.9 Å². The van der Waals surface area contributed by atoms with Crippen LogP contribution in [0.15, 0.2) is 60.8 Å². The lowest BCUT2D eigenvalue weighted by atomic mass is 10.2. The fourth-order valence-electron chi connectivity index (χ4n) is 1.86. The van der Waals surface area contributed by atoms with Crippen molar-refractivity contribution in [1.29, 1.82) is 0 Å². The van der Waals surface area contributed by atoms with Crippen LogP contribution in [0.2, 0.25) is 5.02 Å². The molecule has 0 aliphatic carbocycles. The molecule has 0 N–H and O–H groups in total. The third kappa shape index (κ3) is 2.51. The summed E-state index contributed by atoms with van der Waals surface area (Å²) in [6.45, 7) is 0. The highest BCUT2D eigenvalue weighted by Crippen LogP contribution is 2.21. The van der Waals surface area contributed by atoms with Crippen molar-refractivity contribution in [2.75, 3.05) is 0 Å². The molecule has 1 heterocycles. The van der Waals surface area contributed by atoms with Gasteiger partial charge < -0.3 is 0 Å². The highest BCUT2D eigenvalue weighted by Gasteiger charge is 2.04. The first kappa shape index (κ1) is 11.9. The van der Waals surface area contributed by atoms with Gasteiger partial charge in [-0.2, -0.15) is 5.10 Å². The third-order valence-corrected chi connectivity index (χ3v) is 3.04. The van der Waals surface area contributed by atoms with Crippen molar-refractivity contribution in [3.05, 3.63) is 71.6 Å². The second-order valence-corrected chi connectivity index (χ2v) is 4.57. The molecule has 94 valence electrons. The standard InChI is InChI=1S/C15H10ClFN2/c16-12-3-1-2-11(10-12)15-8-9-19(18-15)14-6-4-13(17)5-7-14/h1-10H. The van der Waals surface area contributed by atoms with E-state index in [9.17, 15) is 4.39 Å². The van der Waals surface area contributed by atoms with E-state index < -0.39 is 0 Å². The Morgan fingerprint density at radius 2 is 1.79 bits per heavy atom. The first-order chi connectivity index (χ1) is 9.22. The Bertz CT molecular complexity index is 704. The summed E-state index contributed by atoms with van der Waals surface area (Å²) in [6.07, 6.45) is 1.84. The Morgan fingerprint density at radius 3 is 2.53 bits per heavy atom. The zero-order chi connectivity index (χ0) is 13.2. The predicted molar refractivity (Wildman–Crippen MR) is 74.0 cm³/mol. The highest BCUT2D eigenvalue weighted by molar-refractivity contribution is 6.30. The van der Waals surface area contributed by atoms with Gasteiger partial charge >= 0.3 is 0 Å². The van der Waals surface area contributed by atoms with Gasteiger partial charge in [0.2, 0.25) is 0 Å². The van der Waals surface area contributed by atoms with E-state index in [-0.39, 0.29) is 5.82 Å². The van der Waals surface area contributed by atoms with Gasteiger partial charge in [0.05, 0.1) is 11.4 Å². The van der Waals surface area contributed by atoms with Crippen molar-refractivity contribution in [3.63, 3.8) is 0 Å². The van der Waals surface area contributed by atoms with E-state index >= 15 is 0 Å². The molecule has 2 nitrogen and oxygen atoms in total. The second-order valence-electron chi connectivity index (χ2n) is 4.13. The van der Waals surface area contributed by atoms with Crippen LogP contribution in [-0.4, -0.2) is 9.78 Å². The van der Waals surface area contributed by atoms with Crippen molar-refractivity contribution in [3.8, 4) is 16.9 Å². The molecule has 2 aromatic carbocycles. The Kier molecular flexibility index (Phi) is 3.05. The zero-order valence-electron chi connectivity index (χ0n) is 9.92. The number of halogens is 2. The van der Waals surface area contributed by atoms with Crippen molar-refractivity contribution in [2.45, 2.75) is 0 Å². The largest absolute Gasteiger partial charge is 0.240 e. The van der Waals surface area contributed by atoms with Gasteiger partial charge in [-0.05, 0) is 42.5 Å². The molecule has 0 amide bonds. The quantitative estimate of drug-likeness (QED) is 0.679. The van der Waals surface area contributed by atoms with Gasteiger partial charge in [-0.25, -0.2) is 9.07 Å². The second kappa shape index (κ2) is 4.86. The molecule has 0 unspecified atom stereocenters. The van der Waals surface area contributed by atoms with Gasteiger partial charge in [-0.15, -0.1) is 0 Å². The van der Waals surface area contributed by atoms with E-state index in [0.717, 1.165) is 16.9 Å². The smallest absolute Gasteiger partial charge is 0.123 e. The van der Waals surface area contributed by atoms with E-state index in [4.69, 9.17) is 11.6 Å². The molecule has 0 saturated heterocycles. The minimum absolute atomic E-state index is 0.258. The number of hydrogen-bond donors (Lipinski definition) is 0. The van der Waals surface area contributed by atoms with Crippen molar-refractivity contribution < 1.29 is 4.39 Å². The normalized spacial score (nSPS) is 10.6. The molecule has 19 heavy (non-hydrogen) atoms. The lowest BCUT2D eigenvalue weighted by molar-refractivity contribution is 0.627. The first-order valence-corrected chi connectivity index (χ1v) is 6.18. The first-order valence-electron chi connectivity index (χ1n) is 5.80. The molecule has 0 radical (unpaired) electrons. The van der Waals surface area contributed by atoms with Crippen LogP contribution >= 0.6 is 11.6 Å². The summed E-state index contributed by atoms with van der Waals surface area (Å²) in [5.74, 6) is -0.258. The summed E-state index contributed by atoms with van der Waals surface area (Å²) in [7, 11) is 0.